The van der Waals surface area contributed by atoms with Crippen LogP contribution in [0.2, 0.25) is 0 Å². The second kappa shape index (κ2) is 6.64. The minimum atomic E-state index is -0.110. The van der Waals surface area contributed by atoms with Crippen molar-refractivity contribution in [2.45, 2.75) is 25.3 Å². The number of nitrogens with one attached hydrogen (secondary N) is 1. The van der Waals surface area contributed by atoms with E-state index in [1.807, 2.05) is 25.2 Å². The van der Waals surface area contributed by atoms with Crippen molar-refractivity contribution in [3.05, 3.63) is 47.7 Å². The summed E-state index contributed by atoms with van der Waals surface area (Å²) < 4.78 is 5.16. The zero-order valence-corrected chi connectivity index (χ0v) is 13.3. The molecule has 1 amide bonds. The van der Waals surface area contributed by atoms with Crippen LogP contribution in [0.4, 0.5) is 5.95 Å². The fraction of sp³-hybridized carbons (Fsp3) is 0.353. The van der Waals surface area contributed by atoms with Gasteiger partial charge in [0.25, 0.3) is 0 Å². The summed E-state index contributed by atoms with van der Waals surface area (Å²) in [5.74, 6) is 1.28. The predicted octanol–water partition coefficient (Wildman–Crippen LogP) is 1.82. The number of carbonyl (C=O) groups excluding carboxylic acids is 1. The van der Waals surface area contributed by atoms with Gasteiger partial charge in [-0.15, -0.1) is 0 Å². The third-order valence-electron chi connectivity index (χ3n) is 3.83. The summed E-state index contributed by atoms with van der Waals surface area (Å²) in [5, 5.41) is 3.03. The Morgan fingerprint density at radius 2 is 2.35 bits per heavy atom. The molecule has 0 saturated carbocycles. The van der Waals surface area contributed by atoms with Crippen LogP contribution in [0.1, 0.15) is 23.4 Å². The van der Waals surface area contributed by atoms with Crippen molar-refractivity contribution in [1.82, 2.24) is 15.3 Å². The first-order valence-electron chi connectivity index (χ1n) is 7.66. The fourth-order valence-electron chi connectivity index (χ4n) is 2.63. The van der Waals surface area contributed by atoms with Crippen LogP contribution in [0.15, 0.2) is 35.1 Å². The first-order valence-corrected chi connectivity index (χ1v) is 7.66. The van der Waals surface area contributed by atoms with Crippen LogP contribution in [-0.2, 0) is 17.6 Å². The first kappa shape index (κ1) is 15.3. The molecule has 2 aromatic heterocycles. The quantitative estimate of drug-likeness (QED) is 0.872. The zero-order chi connectivity index (χ0) is 16.2. The lowest BCUT2D eigenvalue weighted by Gasteiger charge is -2.25. The molecule has 2 heterocycles. The minimum absolute atomic E-state index is 0.110. The Morgan fingerprint density at radius 3 is 3.09 bits per heavy atom. The Labute approximate surface area is 135 Å². The number of carbonyl (C=O) groups is 1. The molecule has 0 spiro atoms. The summed E-state index contributed by atoms with van der Waals surface area (Å²) in [6, 6.07) is 3.71. The average molecular weight is 312 g/mol. The minimum Gasteiger partial charge on any atom is -0.465 e. The van der Waals surface area contributed by atoms with E-state index < -0.39 is 0 Å². The molecular formula is C17H20N4O2. The number of furan rings is 1. The van der Waals surface area contributed by atoms with Gasteiger partial charge in [-0.1, -0.05) is 0 Å². The number of nitrogens with zero attached hydrogens (tertiary/aromatic N) is 3. The second-order valence-electron chi connectivity index (χ2n) is 5.83. The molecule has 1 N–H and O–H groups in total. The fourth-order valence-corrected chi connectivity index (χ4v) is 2.63. The monoisotopic (exact) mass is 312 g/mol. The molecule has 1 atom stereocenters. The van der Waals surface area contributed by atoms with E-state index in [0.717, 1.165) is 36.5 Å². The number of aromatic nitrogens is 2. The highest BCUT2D eigenvalue weighted by molar-refractivity contribution is 5.91. The number of fused-ring (bicyclic) bond motifs is 1. The van der Waals surface area contributed by atoms with Crippen molar-refractivity contribution in [2.75, 3.05) is 19.0 Å². The summed E-state index contributed by atoms with van der Waals surface area (Å²) >= 11 is 0. The Kier molecular flexibility index (Phi) is 4.41. The van der Waals surface area contributed by atoms with Gasteiger partial charge in [0, 0.05) is 38.1 Å². The molecule has 120 valence electrons. The number of hydrogen-bond donors (Lipinski definition) is 1. The van der Waals surface area contributed by atoms with Gasteiger partial charge in [0.15, 0.2) is 0 Å². The van der Waals surface area contributed by atoms with Gasteiger partial charge < -0.3 is 14.6 Å². The van der Waals surface area contributed by atoms with Crippen LogP contribution >= 0.6 is 0 Å². The second-order valence-corrected chi connectivity index (χ2v) is 5.83. The molecule has 0 bridgehead atoms. The molecule has 0 aromatic carbocycles. The Bertz CT molecular complexity index is 707. The van der Waals surface area contributed by atoms with Crippen molar-refractivity contribution in [1.29, 1.82) is 0 Å². The van der Waals surface area contributed by atoms with Crippen LogP contribution in [0.5, 0.6) is 0 Å². The van der Waals surface area contributed by atoms with Crippen molar-refractivity contribution in [3.63, 3.8) is 0 Å². The van der Waals surface area contributed by atoms with E-state index in [0.29, 0.717) is 5.76 Å². The number of rotatable bonds is 4. The van der Waals surface area contributed by atoms with Crippen LogP contribution < -0.4 is 10.2 Å². The lowest BCUT2D eigenvalue weighted by Crippen LogP contribution is -2.38. The van der Waals surface area contributed by atoms with Crippen molar-refractivity contribution >= 4 is 17.9 Å². The molecule has 1 aliphatic rings. The van der Waals surface area contributed by atoms with Crippen molar-refractivity contribution in [3.8, 4) is 0 Å². The maximum atomic E-state index is 12.0. The number of amides is 1. The highest BCUT2D eigenvalue weighted by atomic mass is 16.3. The van der Waals surface area contributed by atoms with E-state index in [4.69, 9.17) is 4.42 Å². The van der Waals surface area contributed by atoms with E-state index in [2.05, 4.69) is 15.3 Å². The van der Waals surface area contributed by atoms with Gasteiger partial charge >= 0.3 is 0 Å². The lowest BCUT2D eigenvalue weighted by molar-refractivity contribution is -0.117. The summed E-state index contributed by atoms with van der Waals surface area (Å²) in [4.78, 5) is 22.8. The van der Waals surface area contributed by atoms with Gasteiger partial charge in [-0.05, 0) is 43.0 Å². The van der Waals surface area contributed by atoms with Gasteiger partial charge in [0.05, 0.1) is 6.26 Å². The van der Waals surface area contributed by atoms with Crippen LogP contribution in [0, 0.1) is 0 Å². The number of hydrogen-bond acceptors (Lipinski definition) is 5. The van der Waals surface area contributed by atoms with Gasteiger partial charge in [0.2, 0.25) is 11.9 Å². The smallest absolute Gasteiger partial charge is 0.244 e. The molecule has 0 radical (unpaired) electrons. The molecule has 0 aliphatic heterocycles. The Morgan fingerprint density at radius 1 is 1.48 bits per heavy atom. The lowest BCUT2D eigenvalue weighted by atomic mass is 9.93. The third-order valence-corrected chi connectivity index (χ3v) is 3.83. The Balaban J connectivity index is 1.60. The molecule has 1 unspecified atom stereocenters. The van der Waals surface area contributed by atoms with Gasteiger partial charge in [0.1, 0.15) is 5.76 Å². The normalized spacial score (nSPS) is 17.0. The average Bonchev–Trinajstić information content (AvgIpc) is 3.06. The standard InChI is InChI=1S/C17H20N4O2/c1-21(2)17-18-11-12-10-13(5-7-15(12)20-17)19-16(22)8-6-14-4-3-9-23-14/h3-4,6,8-9,11,13H,5,7,10H2,1-2H3,(H,19,22). The van der Waals surface area contributed by atoms with E-state index in [1.165, 1.54) is 6.08 Å². The van der Waals surface area contributed by atoms with E-state index in [-0.39, 0.29) is 11.9 Å². The molecule has 2 aromatic rings. The molecule has 0 saturated heterocycles. The molecule has 0 fully saturated rings. The maximum Gasteiger partial charge on any atom is 0.244 e. The molecule has 6 nitrogen and oxygen atoms in total. The van der Waals surface area contributed by atoms with Crippen molar-refractivity contribution < 1.29 is 9.21 Å². The molecular weight excluding hydrogens is 292 g/mol. The van der Waals surface area contributed by atoms with Crippen LogP contribution in [0.3, 0.4) is 0 Å². The molecule has 23 heavy (non-hydrogen) atoms. The number of aryl methyl sites for hydroxylation is 1. The van der Waals surface area contributed by atoms with E-state index in [9.17, 15) is 4.79 Å². The van der Waals surface area contributed by atoms with Gasteiger partial charge in [-0.2, -0.15) is 0 Å². The molecule has 6 heteroatoms. The topological polar surface area (TPSA) is 71.3 Å². The summed E-state index contributed by atoms with van der Waals surface area (Å²) in [5.41, 5.74) is 2.20. The first-order chi connectivity index (χ1) is 11.1. The molecule has 3 rings (SSSR count). The Hall–Kier alpha value is -2.63. The summed E-state index contributed by atoms with van der Waals surface area (Å²) in [7, 11) is 3.86. The van der Waals surface area contributed by atoms with E-state index >= 15 is 0 Å². The molecule has 1 aliphatic carbocycles. The highest BCUT2D eigenvalue weighted by Crippen LogP contribution is 2.21. The van der Waals surface area contributed by atoms with E-state index in [1.54, 1.807) is 24.5 Å². The SMILES string of the molecule is CN(C)c1ncc2c(n1)CCC(NC(=O)C=Cc1ccco1)C2. The van der Waals surface area contributed by atoms with Gasteiger partial charge in [-0.3, -0.25) is 4.79 Å². The van der Waals surface area contributed by atoms with Crippen molar-refractivity contribution in [2.24, 2.45) is 0 Å². The summed E-state index contributed by atoms with van der Waals surface area (Å²) in [6.45, 7) is 0. The zero-order valence-electron chi connectivity index (χ0n) is 13.3. The van der Waals surface area contributed by atoms with Crippen LogP contribution in [0.25, 0.3) is 6.08 Å². The third kappa shape index (κ3) is 3.77. The highest BCUT2D eigenvalue weighted by Gasteiger charge is 2.21. The van der Waals surface area contributed by atoms with Gasteiger partial charge in [-0.25, -0.2) is 9.97 Å². The predicted molar refractivity (Wildman–Crippen MR) is 88.1 cm³/mol. The number of anilines is 1. The largest absolute Gasteiger partial charge is 0.465 e. The van der Waals surface area contributed by atoms with Crippen LogP contribution in [-0.4, -0.2) is 36.0 Å². The summed E-state index contributed by atoms with van der Waals surface area (Å²) in [6.07, 6.45) is 9.12. The maximum absolute atomic E-state index is 12.0.